The smallest absolute Gasteiger partial charge is 0.0718 e. The minimum absolute atomic E-state index is 0.537. The number of hydrogen-bond acceptors (Lipinski definition) is 2. The molecule has 1 N–H and O–H groups in total. The predicted molar refractivity (Wildman–Crippen MR) is 46.6 cm³/mol. The highest BCUT2D eigenvalue weighted by Gasteiger charge is 2.25. The van der Waals surface area contributed by atoms with E-state index in [0.29, 0.717) is 0 Å². The predicted octanol–water partition coefficient (Wildman–Crippen LogP) is 1.24. The van der Waals surface area contributed by atoms with E-state index in [9.17, 15) is 5.11 Å². The first kappa shape index (κ1) is 9.01. The van der Waals surface area contributed by atoms with E-state index in [4.69, 9.17) is 0 Å². The van der Waals surface area contributed by atoms with Crippen molar-refractivity contribution >= 4 is 0 Å². The van der Waals surface area contributed by atoms with Gasteiger partial charge in [-0.2, -0.15) is 0 Å². The van der Waals surface area contributed by atoms with Crippen LogP contribution in [0.4, 0.5) is 0 Å². The molecule has 0 aromatic rings. The Hall–Kier alpha value is -0.0800. The SMILES string of the molecule is CN(CC(C)(C)O)C1CCC1. The third kappa shape index (κ3) is 2.80. The molecule has 0 bridgehead atoms. The van der Waals surface area contributed by atoms with E-state index in [1.807, 2.05) is 13.8 Å². The molecular formula is C9H19NO. The third-order valence-electron chi connectivity index (χ3n) is 2.33. The number of rotatable bonds is 3. The monoisotopic (exact) mass is 157 g/mol. The quantitative estimate of drug-likeness (QED) is 0.666. The van der Waals surface area contributed by atoms with Crippen molar-refractivity contribution in [2.45, 2.75) is 44.8 Å². The van der Waals surface area contributed by atoms with E-state index in [1.54, 1.807) is 0 Å². The highest BCUT2D eigenvalue weighted by Crippen LogP contribution is 2.24. The molecule has 11 heavy (non-hydrogen) atoms. The van der Waals surface area contributed by atoms with Gasteiger partial charge in [-0.3, -0.25) is 0 Å². The van der Waals surface area contributed by atoms with Crippen LogP contribution in [-0.2, 0) is 0 Å². The van der Waals surface area contributed by atoms with Crippen molar-refractivity contribution in [3.8, 4) is 0 Å². The normalized spacial score (nSPS) is 20.5. The second-order valence-electron chi connectivity index (χ2n) is 4.31. The fourth-order valence-electron chi connectivity index (χ4n) is 1.57. The standard InChI is InChI=1S/C9H19NO/c1-9(2,11)7-10(3)8-5-4-6-8/h8,11H,4-7H2,1-3H3. The van der Waals surface area contributed by atoms with Gasteiger partial charge in [0.15, 0.2) is 0 Å². The lowest BCUT2D eigenvalue weighted by Crippen LogP contribution is -2.44. The van der Waals surface area contributed by atoms with Crippen LogP contribution in [-0.4, -0.2) is 35.2 Å². The molecule has 0 atom stereocenters. The lowest BCUT2D eigenvalue weighted by molar-refractivity contribution is 0.0178. The molecule has 0 amide bonds. The van der Waals surface area contributed by atoms with Crippen molar-refractivity contribution in [1.82, 2.24) is 4.90 Å². The summed E-state index contributed by atoms with van der Waals surface area (Å²) in [5.41, 5.74) is -0.537. The van der Waals surface area contributed by atoms with Crippen LogP contribution in [0.3, 0.4) is 0 Å². The Bertz CT molecular complexity index is 124. The van der Waals surface area contributed by atoms with Crippen LogP contribution in [0.1, 0.15) is 33.1 Å². The molecule has 1 fully saturated rings. The van der Waals surface area contributed by atoms with Crippen molar-refractivity contribution in [3.63, 3.8) is 0 Å². The van der Waals surface area contributed by atoms with Gasteiger partial charge in [0.2, 0.25) is 0 Å². The average molecular weight is 157 g/mol. The van der Waals surface area contributed by atoms with Crippen LogP contribution in [0.5, 0.6) is 0 Å². The molecule has 0 saturated heterocycles. The number of nitrogens with zero attached hydrogens (tertiary/aromatic N) is 1. The van der Waals surface area contributed by atoms with E-state index < -0.39 is 5.60 Å². The molecular weight excluding hydrogens is 138 g/mol. The van der Waals surface area contributed by atoms with Crippen LogP contribution in [0.2, 0.25) is 0 Å². The van der Waals surface area contributed by atoms with Gasteiger partial charge in [-0.15, -0.1) is 0 Å². The fourth-order valence-corrected chi connectivity index (χ4v) is 1.57. The molecule has 2 heteroatoms. The molecule has 1 saturated carbocycles. The molecule has 0 aromatic heterocycles. The minimum atomic E-state index is -0.537. The van der Waals surface area contributed by atoms with Gasteiger partial charge in [-0.25, -0.2) is 0 Å². The summed E-state index contributed by atoms with van der Waals surface area (Å²) in [6.07, 6.45) is 3.99. The molecule has 2 nitrogen and oxygen atoms in total. The van der Waals surface area contributed by atoms with Gasteiger partial charge >= 0.3 is 0 Å². The maximum absolute atomic E-state index is 9.51. The molecule has 0 radical (unpaired) electrons. The molecule has 0 aliphatic heterocycles. The summed E-state index contributed by atoms with van der Waals surface area (Å²) in [5, 5.41) is 9.51. The highest BCUT2D eigenvalue weighted by molar-refractivity contribution is 4.81. The molecule has 0 unspecified atom stereocenters. The van der Waals surface area contributed by atoms with Gasteiger partial charge in [0, 0.05) is 12.6 Å². The second-order valence-corrected chi connectivity index (χ2v) is 4.31. The van der Waals surface area contributed by atoms with Crippen molar-refractivity contribution in [2.24, 2.45) is 0 Å². The first-order valence-electron chi connectivity index (χ1n) is 4.42. The molecule has 0 aromatic carbocycles. The van der Waals surface area contributed by atoms with Crippen LogP contribution in [0, 0.1) is 0 Å². The van der Waals surface area contributed by atoms with Crippen LogP contribution < -0.4 is 0 Å². The van der Waals surface area contributed by atoms with Gasteiger partial charge in [0.1, 0.15) is 0 Å². The van der Waals surface area contributed by atoms with E-state index in [0.717, 1.165) is 12.6 Å². The summed E-state index contributed by atoms with van der Waals surface area (Å²) in [5.74, 6) is 0. The Morgan fingerprint density at radius 3 is 2.27 bits per heavy atom. The van der Waals surface area contributed by atoms with E-state index >= 15 is 0 Å². The summed E-state index contributed by atoms with van der Waals surface area (Å²) in [6.45, 7) is 4.52. The maximum Gasteiger partial charge on any atom is 0.0718 e. The van der Waals surface area contributed by atoms with Crippen LogP contribution in [0.15, 0.2) is 0 Å². The average Bonchev–Trinajstić information content (AvgIpc) is 1.50. The van der Waals surface area contributed by atoms with Crippen molar-refractivity contribution in [3.05, 3.63) is 0 Å². The summed E-state index contributed by atoms with van der Waals surface area (Å²) in [4.78, 5) is 2.27. The zero-order valence-electron chi connectivity index (χ0n) is 7.80. The van der Waals surface area contributed by atoms with E-state index in [-0.39, 0.29) is 0 Å². The maximum atomic E-state index is 9.51. The Balaban J connectivity index is 2.24. The molecule has 66 valence electrons. The first-order chi connectivity index (χ1) is 4.99. The Morgan fingerprint density at radius 2 is 2.00 bits per heavy atom. The van der Waals surface area contributed by atoms with E-state index in [1.165, 1.54) is 19.3 Å². The summed E-state index contributed by atoms with van der Waals surface area (Å²) in [7, 11) is 2.10. The van der Waals surface area contributed by atoms with Gasteiger partial charge in [0.05, 0.1) is 5.60 Å². The van der Waals surface area contributed by atoms with Gasteiger partial charge < -0.3 is 10.0 Å². The largest absolute Gasteiger partial charge is 0.389 e. The molecule has 0 heterocycles. The Kier molecular flexibility index (Phi) is 2.55. The van der Waals surface area contributed by atoms with Crippen molar-refractivity contribution < 1.29 is 5.11 Å². The van der Waals surface area contributed by atoms with Crippen LogP contribution >= 0.6 is 0 Å². The van der Waals surface area contributed by atoms with Gasteiger partial charge in [-0.1, -0.05) is 6.42 Å². The molecule has 1 aliphatic carbocycles. The molecule has 0 spiro atoms. The first-order valence-corrected chi connectivity index (χ1v) is 4.42. The number of aliphatic hydroxyl groups is 1. The van der Waals surface area contributed by atoms with Gasteiger partial charge in [0.25, 0.3) is 0 Å². The van der Waals surface area contributed by atoms with Gasteiger partial charge in [-0.05, 0) is 33.7 Å². The Morgan fingerprint density at radius 1 is 1.45 bits per heavy atom. The number of likely N-dealkylation sites (N-methyl/N-ethyl adjacent to an activating group) is 1. The van der Waals surface area contributed by atoms with E-state index in [2.05, 4.69) is 11.9 Å². The summed E-state index contributed by atoms with van der Waals surface area (Å²) in [6, 6.07) is 0.737. The zero-order valence-corrected chi connectivity index (χ0v) is 7.80. The molecule has 1 aliphatic rings. The second kappa shape index (κ2) is 3.11. The molecule has 1 rings (SSSR count). The lowest BCUT2D eigenvalue weighted by atomic mass is 9.91. The van der Waals surface area contributed by atoms with Crippen LogP contribution in [0.25, 0.3) is 0 Å². The summed E-state index contributed by atoms with van der Waals surface area (Å²) < 4.78 is 0. The Labute approximate surface area is 69.2 Å². The summed E-state index contributed by atoms with van der Waals surface area (Å²) >= 11 is 0. The highest BCUT2D eigenvalue weighted by atomic mass is 16.3. The fraction of sp³-hybridized carbons (Fsp3) is 1.00. The topological polar surface area (TPSA) is 23.5 Å². The lowest BCUT2D eigenvalue weighted by Gasteiger charge is -2.37. The van der Waals surface area contributed by atoms with Crippen molar-refractivity contribution in [1.29, 1.82) is 0 Å². The third-order valence-corrected chi connectivity index (χ3v) is 2.33. The minimum Gasteiger partial charge on any atom is -0.389 e. The zero-order chi connectivity index (χ0) is 8.48. The van der Waals surface area contributed by atoms with Crippen molar-refractivity contribution in [2.75, 3.05) is 13.6 Å². The number of hydrogen-bond donors (Lipinski definition) is 1.